The van der Waals surface area contributed by atoms with Crippen LogP contribution in [0.4, 0.5) is 0 Å². The number of rotatable bonds is 3. The highest BCUT2D eigenvalue weighted by atomic mass is 15.5. The first kappa shape index (κ1) is 6.55. The fourth-order valence-corrected chi connectivity index (χ4v) is 0.706. The van der Waals surface area contributed by atoms with E-state index in [4.69, 9.17) is 0 Å². The van der Waals surface area contributed by atoms with Crippen LogP contribution in [0.3, 0.4) is 0 Å². The second-order valence-corrected chi connectivity index (χ2v) is 2.05. The Morgan fingerprint density at radius 2 is 2.67 bits per heavy atom. The van der Waals surface area contributed by atoms with Crippen LogP contribution in [0.25, 0.3) is 0 Å². The molecule has 0 saturated heterocycles. The summed E-state index contributed by atoms with van der Waals surface area (Å²) in [6.45, 7) is 4.93. The zero-order chi connectivity index (χ0) is 6.53. The van der Waals surface area contributed by atoms with Gasteiger partial charge in [-0.3, -0.25) is 10.0 Å². The standard InChI is InChI=1S/C6H12N3/c1-2-3-8-9-5-4-7-6-9/h6H,2-5H2,1H3. The maximum absolute atomic E-state index is 4.23. The lowest BCUT2D eigenvalue weighted by Gasteiger charge is -2.10. The van der Waals surface area contributed by atoms with Crippen molar-refractivity contribution in [1.29, 1.82) is 0 Å². The maximum atomic E-state index is 4.23. The molecule has 0 atom stereocenters. The van der Waals surface area contributed by atoms with Crippen molar-refractivity contribution in [3.05, 3.63) is 0 Å². The molecule has 1 rings (SSSR count). The molecule has 1 heterocycles. The highest BCUT2D eigenvalue weighted by molar-refractivity contribution is 5.56. The summed E-state index contributed by atoms with van der Waals surface area (Å²) in [4.78, 5) is 4.02. The Morgan fingerprint density at radius 3 is 3.22 bits per heavy atom. The quantitative estimate of drug-likeness (QED) is 0.533. The lowest BCUT2D eigenvalue weighted by Crippen LogP contribution is -2.29. The van der Waals surface area contributed by atoms with Crippen LogP contribution < -0.4 is 5.43 Å². The van der Waals surface area contributed by atoms with Gasteiger partial charge in [-0.05, 0) is 6.42 Å². The van der Waals surface area contributed by atoms with Crippen LogP contribution in [-0.2, 0) is 0 Å². The topological polar surface area (TPSA) is 29.7 Å². The Kier molecular flexibility index (Phi) is 2.51. The SMILES string of the molecule is CCC[N]N1C=NCC1. The van der Waals surface area contributed by atoms with E-state index in [2.05, 4.69) is 17.3 Å². The van der Waals surface area contributed by atoms with Crippen LogP contribution in [0, 0.1) is 0 Å². The zero-order valence-corrected chi connectivity index (χ0v) is 5.75. The Labute approximate surface area is 55.7 Å². The monoisotopic (exact) mass is 126 g/mol. The van der Waals surface area contributed by atoms with E-state index in [0.29, 0.717) is 0 Å². The molecule has 0 aliphatic carbocycles. The molecule has 1 aliphatic rings. The highest BCUT2D eigenvalue weighted by Crippen LogP contribution is 1.89. The summed E-state index contributed by atoms with van der Waals surface area (Å²) >= 11 is 0. The summed E-state index contributed by atoms with van der Waals surface area (Å²) in [5.41, 5.74) is 4.23. The first-order valence-corrected chi connectivity index (χ1v) is 3.37. The molecule has 51 valence electrons. The van der Waals surface area contributed by atoms with Crippen LogP contribution >= 0.6 is 0 Å². The average Bonchev–Trinajstić information content (AvgIpc) is 2.34. The van der Waals surface area contributed by atoms with E-state index in [1.54, 1.807) is 6.34 Å². The summed E-state index contributed by atoms with van der Waals surface area (Å²) in [5, 5.41) is 1.91. The Balaban J connectivity index is 2.05. The van der Waals surface area contributed by atoms with E-state index in [-0.39, 0.29) is 0 Å². The second-order valence-electron chi connectivity index (χ2n) is 2.05. The van der Waals surface area contributed by atoms with Gasteiger partial charge in [-0.1, -0.05) is 6.92 Å². The molecule has 0 aromatic carbocycles. The van der Waals surface area contributed by atoms with Gasteiger partial charge >= 0.3 is 0 Å². The third kappa shape index (κ3) is 2.01. The van der Waals surface area contributed by atoms with Gasteiger partial charge in [0.25, 0.3) is 0 Å². The van der Waals surface area contributed by atoms with Crippen LogP contribution in [0.15, 0.2) is 4.99 Å². The summed E-state index contributed by atoms with van der Waals surface area (Å²) in [5.74, 6) is 0. The first-order valence-electron chi connectivity index (χ1n) is 3.37. The lowest BCUT2D eigenvalue weighted by molar-refractivity contribution is 0.332. The maximum Gasteiger partial charge on any atom is 0.101 e. The minimum absolute atomic E-state index is 0.910. The van der Waals surface area contributed by atoms with Gasteiger partial charge in [-0.15, -0.1) is 5.43 Å². The molecular weight excluding hydrogens is 114 g/mol. The van der Waals surface area contributed by atoms with Gasteiger partial charge in [0.15, 0.2) is 0 Å². The average molecular weight is 126 g/mol. The molecule has 0 aromatic heterocycles. The smallest absolute Gasteiger partial charge is 0.101 e. The largest absolute Gasteiger partial charge is 0.279 e. The van der Waals surface area contributed by atoms with Crippen molar-refractivity contribution in [2.75, 3.05) is 19.6 Å². The van der Waals surface area contributed by atoms with Crippen LogP contribution in [0.5, 0.6) is 0 Å². The number of nitrogens with zero attached hydrogens (tertiary/aromatic N) is 3. The van der Waals surface area contributed by atoms with E-state index in [9.17, 15) is 0 Å². The van der Waals surface area contributed by atoms with E-state index in [0.717, 1.165) is 26.1 Å². The van der Waals surface area contributed by atoms with E-state index in [1.807, 2.05) is 5.01 Å². The van der Waals surface area contributed by atoms with Crippen LogP contribution in [0.1, 0.15) is 13.3 Å². The zero-order valence-electron chi connectivity index (χ0n) is 5.75. The second kappa shape index (κ2) is 3.45. The molecule has 3 nitrogen and oxygen atoms in total. The molecular formula is C6H12N3. The molecule has 0 amide bonds. The molecule has 0 fully saturated rings. The molecule has 9 heavy (non-hydrogen) atoms. The Bertz CT molecular complexity index is 100. The third-order valence-corrected chi connectivity index (χ3v) is 1.18. The fraction of sp³-hybridized carbons (Fsp3) is 0.833. The molecule has 0 saturated carbocycles. The summed E-state index contributed by atoms with van der Waals surface area (Å²) in [6, 6.07) is 0. The minimum atomic E-state index is 0.910. The minimum Gasteiger partial charge on any atom is -0.279 e. The van der Waals surface area contributed by atoms with Crippen molar-refractivity contribution in [3.63, 3.8) is 0 Å². The predicted molar refractivity (Wildman–Crippen MR) is 37.4 cm³/mol. The van der Waals surface area contributed by atoms with E-state index in [1.165, 1.54) is 0 Å². The molecule has 0 bridgehead atoms. The lowest BCUT2D eigenvalue weighted by atomic mass is 10.5. The van der Waals surface area contributed by atoms with Crippen LogP contribution in [0.2, 0.25) is 0 Å². The van der Waals surface area contributed by atoms with E-state index >= 15 is 0 Å². The van der Waals surface area contributed by atoms with Crippen molar-refractivity contribution >= 4 is 6.34 Å². The molecule has 3 heteroatoms. The Hall–Kier alpha value is -0.570. The van der Waals surface area contributed by atoms with Crippen molar-refractivity contribution in [2.24, 2.45) is 4.99 Å². The van der Waals surface area contributed by atoms with Gasteiger partial charge in [0, 0.05) is 6.54 Å². The van der Waals surface area contributed by atoms with Gasteiger partial charge in [-0.25, -0.2) is 0 Å². The molecule has 0 aromatic rings. The number of hydrogen-bond donors (Lipinski definition) is 0. The van der Waals surface area contributed by atoms with Crippen molar-refractivity contribution < 1.29 is 0 Å². The van der Waals surface area contributed by atoms with Gasteiger partial charge in [-0.2, -0.15) is 0 Å². The molecule has 1 aliphatic heterocycles. The fourth-order valence-electron chi connectivity index (χ4n) is 0.706. The van der Waals surface area contributed by atoms with Crippen molar-refractivity contribution in [1.82, 2.24) is 10.4 Å². The van der Waals surface area contributed by atoms with Gasteiger partial charge in [0.1, 0.15) is 6.34 Å². The predicted octanol–water partition coefficient (Wildman–Crippen LogP) is 0.260. The Morgan fingerprint density at radius 1 is 1.78 bits per heavy atom. The van der Waals surface area contributed by atoms with Crippen LogP contribution in [-0.4, -0.2) is 31.0 Å². The van der Waals surface area contributed by atoms with Crippen molar-refractivity contribution in [2.45, 2.75) is 13.3 Å². The normalized spacial score (nSPS) is 17.2. The number of aliphatic imine (C=N–C) groups is 1. The van der Waals surface area contributed by atoms with Crippen molar-refractivity contribution in [3.8, 4) is 0 Å². The summed E-state index contributed by atoms with van der Waals surface area (Å²) < 4.78 is 0. The summed E-state index contributed by atoms with van der Waals surface area (Å²) in [7, 11) is 0. The molecule has 1 radical (unpaired) electrons. The first-order chi connectivity index (χ1) is 4.43. The summed E-state index contributed by atoms with van der Waals surface area (Å²) in [6.07, 6.45) is 2.92. The molecule has 0 N–H and O–H groups in total. The van der Waals surface area contributed by atoms with Gasteiger partial charge in [0.2, 0.25) is 0 Å². The van der Waals surface area contributed by atoms with Gasteiger partial charge < -0.3 is 0 Å². The number of hydrogen-bond acceptors (Lipinski definition) is 2. The highest BCUT2D eigenvalue weighted by Gasteiger charge is 2.03. The molecule has 0 spiro atoms. The van der Waals surface area contributed by atoms with E-state index < -0.39 is 0 Å². The van der Waals surface area contributed by atoms with Gasteiger partial charge in [0.05, 0.1) is 13.1 Å². The molecule has 0 unspecified atom stereocenters. The third-order valence-electron chi connectivity index (χ3n) is 1.18.